The molecule has 3 aromatic carbocycles. The molecule has 0 aliphatic rings. The van der Waals surface area contributed by atoms with E-state index in [4.69, 9.17) is 0 Å². The lowest BCUT2D eigenvalue weighted by Crippen LogP contribution is -2.29. The Hall–Kier alpha value is -3.62. The minimum Gasteiger partial charge on any atom is -0.302 e. The van der Waals surface area contributed by atoms with Gasteiger partial charge in [-0.3, -0.25) is 9.59 Å². The molecule has 0 aliphatic heterocycles. The Kier molecular flexibility index (Phi) is 6.10. The summed E-state index contributed by atoms with van der Waals surface area (Å²) < 4.78 is 2.00. The van der Waals surface area contributed by atoms with Gasteiger partial charge in [0.25, 0.3) is 0 Å². The minimum absolute atomic E-state index is 0.0432. The molecule has 2 amide bonds. The van der Waals surface area contributed by atoms with E-state index in [1.807, 2.05) is 78.9 Å². The zero-order valence-electron chi connectivity index (χ0n) is 17.5. The molecule has 0 aliphatic carbocycles. The predicted octanol–water partition coefficient (Wildman–Crippen LogP) is 5.73. The maximum atomic E-state index is 13.2. The molecule has 0 unspecified atom stereocenters. The van der Waals surface area contributed by atoms with Crippen LogP contribution in [0.1, 0.15) is 12.0 Å². The standard InChI is InChI=1S/C25H20N4O2S2/c30-22(28-24-26-18-10-4-6-12-20(18)32-24)15-17(14-16-8-2-1-3-9-16)23(31)29-25-27-19-11-5-7-13-21(19)33-25/h1-13,17H,14-15H2,(H,26,28,30)(H,27,29,31)/t17-/m1/s1. The first kappa shape index (κ1) is 21.2. The zero-order chi connectivity index (χ0) is 22.6. The fourth-order valence-electron chi connectivity index (χ4n) is 3.61. The van der Waals surface area contributed by atoms with Gasteiger partial charge in [-0.2, -0.15) is 0 Å². The van der Waals surface area contributed by atoms with E-state index in [1.165, 1.54) is 22.7 Å². The molecule has 0 radical (unpaired) electrons. The van der Waals surface area contributed by atoms with Gasteiger partial charge in [-0.15, -0.1) is 0 Å². The van der Waals surface area contributed by atoms with Crippen LogP contribution in [0.5, 0.6) is 0 Å². The molecule has 2 heterocycles. The molecule has 164 valence electrons. The molecule has 0 saturated heterocycles. The van der Waals surface area contributed by atoms with Crippen LogP contribution in [0, 0.1) is 5.92 Å². The van der Waals surface area contributed by atoms with Crippen LogP contribution >= 0.6 is 22.7 Å². The average molecular weight is 473 g/mol. The van der Waals surface area contributed by atoms with Crippen molar-refractivity contribution in [3.05, 3.63) is 84.4 Å². The molecule has 2 N–H and O–H groups in total. The van der Waals surface area contributed by atoms with Gasteiger partial charge in [-0.1, -0.05) is 77.3 Å². The number of hydrogen-bond acceptors (Lipinski definition) is 6. The van der Waals surface area contributed by atoms with E-state index in [9.17, 15) is 9.59 Å². The van der Waals surface area contributed by atoms with Crippen molar-refractivity contribution in [3.8, 4) is 0 Å². The number of carbonyl (C=O) groups excluding carboxylic acids is 2. The highest BCUT2D eigenvalue weighted by molar-refractivity contribution is 7.22. The van der Waals surface area contributed by atoms with Crippen molar-refractivity contribution in [1.29, 1.82) is 0 Å². The van der Waals surface area contributed by atoms with Gasteiger partial charge in [0.1, 0.15) is 0 Å². The van der Waals surface area contributed by atoms with Crippen molar-refractivity contribution < 1.29 is 9.59 Å². The normalized spacial score (nSPS) is 12.0. The number of rotatable bonds is 7. The SMILES string of the molecule is O=C(C[C@@H](Cc1ccccc1)C(=O)Nc1nc2ccccc2s1)Nc1nc2ccccc2s1. The number of carbonyl (C=O) groups is 2. The molecular weight excluding hydrogens is 452 g/mol. The van der Waals surface area contributed by atoms with Crippen molar-refractivity contribution in [2.45, 2.75) is 12.8 Å². The largest absolute Gasteiger partial charge is 0.302 e. The van der Waals surface area contributed by atoms with Gasteiger partial charge < -0.3 is 10.6 Å². The van der Waals surface area contributed by atoms with Crippen LogP contribution < -0.4 is 10.6 Å². The molecule has 2 aromatic heterocycles. The summed E-state index contributed by atoms with van der Waals surface area (Å²) in [5.74, 6) is -1.01. The van der Waals surface area contributed by atoms with E-state index < -0.39 is 5.92 Å². The first-order valence-corrected chi connectivity index (χ1v) is 12.1. The van der Waals surface area contributed by atoms with E-state index in [0.29, 0.717) is 16.7 Å². The Balaban J connectivity index is 1.32. The predicted molar refractivity (Wildman–Crippen MR) is 135 cm³/mol. The van der Waals surface area contributed by atoms with E-state index >= 15 is 0 Å². The molecule has 5 aromatic rings. The van der Waals surface area contributed by atoms with Crippen LogP contribution in [0.4, 0.5) is 10.3 Å². The number of benzene rings is 3. The van der Waals surface area contributed by atoms with Gasteiger partial charge in [0.05, 0.1) is 26.4 Å². The van der Waals surface area contributed by atoms with Crippen molar-refractivity contribution in [2.75, 3.05) is 10.6 Å². The van der Waals surface area contributed by atoms with E-state index in [-0.39, 0.29) is 18.2 Å². The monoisotopic (exact) mass is 472 g/mol. The van der Waals surface area contributed by atoms with E-state index in [0.717, 1.165) is 26.0 Å². The first-order chi connectivity index (χ1) is 16.1. The molecule has 0 fully saturated rings. The summed E-state index contributed by atoms with van der Waals surface area (Å²) >= 11 is 2.84. The maximum absolute atomic E-state index is 13.2. The number of para-hydroxylation sites is 2. The van der Waals surface area contributed by atoms with Crippen LogP contribution in [0.25, 0.3) is 20.4 Å². The Bertz CT molecular complexity index is 1360. The number of nitrogens with one attached hydrogen (secondary N) is 2. The number of hydrogen-bond donors (Lipinski definition) is 2. The third kappa shape index (κ3) is 5.08. The molecule has 33 heavy (non-hydrogen) atoms. The lowest BCUT2D eigenvalue weighted by Gasteiger charge is -2.15. The number of amides is 2. The van der Waals surface area contributed by atoms with Crippen molar-refractivity contribution in [1.82, 2.24) is 9.97 Å². The topological polar surface area (TPSA) is 84.0 Å². The van der Waals surface area contributed by atoms with Gasteiger partial charge in [0, 0.05) is 6.42 Å². The molecule has 0 bridgehead atoms. The third-order valence-corrected chi connectivity index (χ3v) is 7.10. The lowest BCUT2D eigenvalue weighted by molar-refractivity contribution is -0.124. The summed E-state index contributed by atoms with van der Waals surface area (Å²) in [6.07, 6.45) is 0.492. The molecule has 5 rings (SSSR count). The summed E-state index contributed by atoms with van der Waals surface area (Å²) in [5, 5.41) is 6.85. The van der Waals surface area contributed by atoms with Gasteiger partial charge in [-0.25, -0.2) is 9.97 Å². The Morgan fingerprint density at radius 2 is 1.27 bits per heavy atom. The fourth-order valence-corrected chi connectivity index (χ4v) is 5.36. The highest BCUT2D eigenvalue weighted by Crippen LogP contribution is 2.28. The lowest BCUT2D eigenvalue weighted by atomic mass is 9.95. The van der Waals surface area contributed by atoms with Crippen LogP contribution in [-0.4, -0.2) is 21.8 Å². The number of anilines is 2. The molecular formula is C25H20N4O2S2. The van der Waals surface area contributed by atoms with Gasteiger partial charge >= 0.3 is 0 Å². The molecule has 6 nitrogen and oxygen atoms in total. The van der Waals surface area contributed by atoms with Gasteiger partial charge in [-0.05, 0) is 36.2 Å². The Morgan fingerprint density at radius 3 is 1.88 bits per heavy atom. The zero-order valence-corrected chi connectivity index (χ0v) is 19.2. The Morgan fingerprint density at radius 1 is 0.727 bits per heavy atom. The van der Waals surface area contributed by atoms with Crippen molar-refractivity contribution in [2.24, 2.45) is 5.92 Å². The number of thiazole rings is 2. The number of nitrogens with zero attached hydrogens (tertiary/aromatic N) is 2. The summed E-state index contributed by atoms with van der Waals surface area (Å²) in [6, 6.07) is 25.2. The third-order valence-electron chi connectivity index (χ3n) is 5.19. The van der Waals surface area contributed by atoms with Crippen LogP contribution in [0.2, 0.25) is 0 Å². The molecule has 0 spiro atoms. The summed E-state index contributed by atoms with van der Waals surface area (Å²) in [4.78, 5) is 35.0. The van der Waals surface area contributed by atoms with Crippen molar-refractivity contribution >= 4 is 65.2 Å². The van der Waals surface area contributed by atoms with Crippen LogP contribution in [0.3, 0.4) is 0 Å². The second-order valence-corrected chi connectivity index (χ2v) is 9.66. The summed E-state index contributed by atoms with van der Waals surface area (Å²) in [6.45, 7) is 0. The first-order valence-electron chi connectivity index (χ1n) is 10.5. The Labute approximate surface area is 198 Å². The van der Waals surface area contributed by atoms with Crippen molar-refractivity contribution in [3.63, 3.8) is 0 Å². The maximum Gasteiger partial charge on any atom is 0.230 e. The summed E-state index contributed by atoms with van der Waals surface area (Å²) in [5.41, 5.74) is 2.67. The highest BCUT2D eigenvalue weighted by Gasteiger charge is 2.24. The smallest absolute Gasteiger partial charge is 0.230 e. The minimum atomic E-state index is -0.547. The highest BCUT2D eigenvalue weighted by atomic mass is 32.1. The number of fused-ring (bicyclic) bond motifs is 2. The molecule has 0 saturated carbocycles. The summed E-state index contributed by atoms with van der Waals surface area (Å²) in [7, 11) is 0. The molecule has 1 atom stereocenters. The van der Waals surface area contributed by atoms with Crippen LogP contribution in [0.15, 0.2) is 78.9 Å². The average Bonchev–Trinajstić information content (AvgIpc) is 3.41. The quantitative estimate of drug-likeness (QED) is 0.317. The van der Waals surface area contributed by atoms with Gasteiger partial charge in [0.2, 0.25) is 11.8 Å². The van der Waals surface area contributed by atoms with E-state index in [1.54, 1.807) is 0 Å². The fraction of sp³-hybridized carbons (Fsp3) is 0.120. The second kappa shape index (κ2) is 9.48. The molecule has 8 heteroatoms. The van der Waals surface area contributed by atoms with Gasteiger partial charge in [0.15, 0.2) is 10.3 Å². The second-order valence-electron chi connectivity index (χ2n) is 7.60. The van der Waals surface area contributed by atoms with E-state index in [2.05, 4.69) is 20.6 Å². The number of aromatic nitrogens is 2. The van der Waals surface area contributed by atoms with Crippen LogP contribution in [-0.2, 0) is 16.0 Å².